The Hall–Kier alpha value is -2.14. The van der Waals surface area contributed by atoms with E-state index < -0.39 is 0 Å². The van der Waals surface area contributed by atoms with Crippen molar-refractivity contribution in [2.24, 2.45) is 5.73 Å². The van der Waals surface area contributed by atoms with Gasteiger partial charge in [0.2, 0.25) is 0 Å². The molecule has 0 spiro atoms. The second-order valence-electron chi connectivity index (χ2n) is 3.20. The molecular formula is C11H9ClN4O. The molecule has 1 aromatic heterocycles. The number of hydrogen-bond donors (Lipinski definition) is 2. The molecule has 0 aliphatic heterocycles. The molecule has 0 aliphatic rings. The molecule has 2 rings (SSSR count). The van der Waals surface area contributed by atoms with Crippen molar-refractivity contribution in [3.8, 4) is 11.8 Å². The molecule has 0 radical (unpaired) electrons. The van der Waals surface area contributed by atoms with Crippen molar-refractivity contribution in [3.63, 3.8) is 0 Å². The minimum absolute atomic E-state index is 0.125. The van der Waals surface area contributed by atoms with Crippen molar-refractivity contribution >= 4 is 17.4 Å². The molecule has 1 heterocycles. The molecule has 5 nitrogen and oxygen atoms in total. The van der Waals surface area contributed by atoms with E-state index in [-0.39, 0.29) is 11.8 Å². The normalized spacial score (nSPS) is 9.94. The van der Waals surface area contributed by atoms with Crippen LogP contribution in [0.15, 0.2) is 36.5 Å². The average Bonchev–Trinajstić information content (AvgIpc) is 2.29. The molecule has 86 valence electrons. The summed E-state index contributed by atoms with van der Waals surface area (Å²) in [5.41, 5.74) is 5.63. The van der Waals surface area contributed by atoms with Gasteiger partial charge < -0.3 is 10.5 Å². The molecule has 0 saturated heterocycles. The number of nitrogens with zero attached hydrogens (tertiary/aromatic N) is 2. The lowest BCUT2D eigenvalue weighted by Gasteiger charge is -2.04. The smallest absolute Gasteiger partial charge is 0.322 e. The lowest BCUT2D eigenvalue weighted by molar-refractivity contribution is 0.441. The summed E-state index contributed by atoms with van der Waals surface area (Å²) in [6.45, 7) is 0. The second kappa shape index (κ2) is 4.80. The van der Waals surface area contributed by atoms with E-state index in [0.29, 0.717) is 16.5 Å². The summed E-state index contributed by atoms with van der Waals surface area (Å²) in [6, 6.07) is 8.53. The maximum atomic E-state index is 7.26. The molecule has 0 atom stereocenters. The SMILES string of the molecule is N=C(N)c1ccnc(Oc2cccc(Cl)c2)n1. The highest BCUT2D eigenvalue weighted by Gasteiger charge is 2.04. The van der Waals surface area contributed by atoms with Crippen LogP contribution < -0.4 is 10.5 Å². The number of ether oxygens (including phenoxy) is 1. The van der Waals surface area contributed by atoms with Crippen molar-refractivity contribution in [2.75, 3.05) is 0 Å². The third kappa shape index (κ3) is 2.92. The first-order valence-electron chi connectivity index (χ1n) is 4.76. The zero-order valence-corrected chi connectivity index (χ0v) is 9.48. The third-order valence-corrected chi connectivity index (χ3v) is 2.15. The number of nitrogen functional groups attached to an aromatic ring is 1. The van der Waals surface area contributed by atoms with Crippen LogP contribution in [0.1, 0.15) is 5.69 Å². The van der Waals surface area contributed by atoms with E-state index in [1.807, 2.05) is 0 Å². The van der Waals surface area contributed by atoms with Gasteiger partial charge in [0.15, 0.2) is 0 Å². The summed E-state index contributed by atoms with van der Waals surface area (Å²) in [5.74, 6) is 0.390. The Kier molecular flexibility index (Phi) is 3.20. The molecule has 0 bridgehead atoms. The number of hydrogen-bond acceptors (Lipinski definition) is 4. The van der Waals surface area contributed by atoms with Gasteiger partial charge in [0.05, 0.1) is 0 Å². The van der Waals surface area contributed by atoms with E-state index in [1.54, 1.807) is 24.3 Å². The Morgan fingerprint density at radius 1 is 1.35 bits per heavy atom. The summed E-state index contributed by atoms with van der Waals surface area (Å²) >= 11 is 5.82. The fraction of sp³-hybridized carbons (Fsp3) is 0. The van der Waals surface area contributed by atoms with Crippen molar-refractivity contribution < 1.29 is 4.74 Å². The monoisotopic (exact) mass is 248 g/mol. The lowest BCUT2D eigenvalue weighted by atomic mass is 10.3. The van der Waals surface area contributed by atoms with Gasteiger partial charge in [0.1, 0.15) is 17.3 Å². The number of amidine groups is 1. The van der Waals surface area contributed by atoms with Crippen molar-refractivity contribution in [1.82, 2.24) is 9.97 Å². The van der Waals surface area contributed by atoms with Crippen LogP contribution >= 0.6 is 11.6 Å². The number of nitrogens with one attached hydrogen (secondary N) is 1. The maximum Gasteiger partial charge on any atom is 0.322 e. The quantitative estimate of drug-likeness (QED) is 0.644. The Balaban J connectivity index is 2.24. The number of halogens is 1. The molecule has 1 aromatic carbocycles. The molecule has 0 aliphatic carbocycles. The molecule has 6 heteroatoms. The fourth-order valence-electron chi connectivity index (χ4n) is 1.18. The van der Waals surface area contributed by atoms with Crippen molar-refractivity contribution in [3.05, 3.63) is 47.2 Å². The maximum absolute atomic E-state index is 7.26. The lowest BCUT2D eigenvalue weighted by Crippen LogP contribution is -2.13. The highest BCUT2D eigenvalue weighted by molar-refractivity contribution is 6.30. The molecule has 3 N–H and O–H groups in total. The Labute approximate surface area is 103 Å². The van der Waals surface area contributed by atoms with Crippen molar-refractivity contribution in [1.29, 1.82) is 5.41 Å². The van der Waals surface area contributed by atoms with Gasteiger partial charge in [-0.1, -0.05) is 17.7 Å². The summed E-state index contributed by atoms with van der Waals surface area (Å²) < 4.78 is 5.39. The summed E-state index contributed by atoms with van der Waals surface area (Å²) in [4.78, 5) is 7.89. The second-order valence-corrected chi connectivity index (χ2v) is 3.63. The first-order chi connectivity index (χ1) is 8.15. The summed E-state index contributed by atoms with van der Waals surface area (Å²) in [7, 11) is 0. The average molecular weight is 249 g/mol. The number of nitrogens with two attached hydrogens (primary N) is 1. The van der Waals surface area contributed by atoms with E-state index in [9.17, 15) is 0 Å². The molecule has 17 heavy (non-hydrogen) atoms. The van der Waals surface area contributed by atoms with Gasteiger partial charge in [0, 0.05) is 11.2 Å². The Morgan fingerprint density at radius 3 is 2.88 bits per heavy atom. The van der Waals surface area contributed by atoms with E-state index in [4.69, 9.17) is 27.5 Å². The summed E-state index contributed by atoms with van der Waals surface area (Å²) in [5, 5.41) is 7.82. The first kappa shape index (κ1) is 11.3. The number of benzene rings is 1. The molecule has 2 aromatic rings. The zero-order chi connectivity index (χ0) is 12.3. The van der Waals surface area contributed by atoms with Crippen LogP contribution in [-0.2, 0) is 0 Å². The van der Waals surface area contributed by atoms with Gasteiger partial charge in [-0.3, -0.25) is 5.41 Å². The fourth-order valence-corrected chi connectivity index (χ4v) is 1.36. The number of rotatable bonds is 3. The van der Waals surface area contributed by atoms with E-state index >= 15 is 0 Å². The van der Waals surface area contributed by atoms with E-state index in [0.717, 1.165) is 0 Å². The third-order valence-electron chi connectivity index (χ3n) is 1.91. The predicted molar refractivity (Wildman–Crippen MR) is 64.6 cm³/mol. The van der Waals surface area contributed by atoms with Crippen LogP contribution in [0, 0.1) is 5.41 Å². The van der Waals surface area contributed by atoms with Crippen LogP contribution in [0.2, 0.25) is 5.02 Å². The zero-order valence-electron chi connectivity index (χ0n) is 8.72. The molecule has 0 saturated carbocycles. The summed E-state index contributed by atoms with van der Waals surface area (Å²) in [6.07, 6.45) is 1.48. The van der Waals surface area contributed by atoms with Gasteiger partial charge in [-0.2, -0.15) is 4.98 Å². The van der Waals surface area contributed by atoms with Crippen LogP contribution in [0.3, 0.4) is 0 Å². The highest BCUT2D eigenvalue weighted by Crippen LogP contribution is 2.21. The minimum Gasteiger partial charge on any atom is -0.424 e. The largest absolute Gasteiger partial charge is 0.424 e. The topological polar surface area (TPSA) is 84.9 Å². The Bertz CT molecular complexity index is 559. The minimum atomic E-state index is -0.136. The van der Waals surface area contributed by atoms with Crippen LogP contribution in [0.4, 0.5) is 0 Å². The van der Waals surface area contributed by atoms with Gasteiger partial charge in [-0.25, -0.2) is 4.98 Å². The standard InChI is InChI=1S/C11H9ClN4O/c12-7-2-1-3-8(6-7)17-11-15-5-4-9(16-11)10(13)14/h1-6H,(H3,13,14). The molecule has 0 unspecified atom stereocenters. The van der Waals surface area contributed by atoms with E-state index in [1.165, 1.54) is 12.3 Å². The number of aromatic nitrogens is 2. The van der Waals surface area contributed by atoms with E-state index in [2.05, 4.69) is 9.97 Å². The van der Waals surface area contributed by atoms with Crippen LogP contribution in [-0.4, -0.2) is 15.8 Å². The van der Waals surface area contributed by atoms with Gasteiger partial charge in [-0.05, 0) is 24.3 Å². The molecular weight excluding hydrogens is 240 g/mol. The van der Waals surface area contributed by atoms with Crippen molar-refractivity contribution in [2.45, 2.75) is 0 Å². The first-order valence-corrected chi connectivity index (χ1v) is 5.14. The molecule has 0 fully saturated rings. The van der Waals surface area contributed by atoms with Gasteiger partial charge in [0.25, 0.3) is 0 Å². The van der Waals surface area contributed by atoms with Crippen LogP contribution in [0.5, 0.6) is 11.8 Å². The predicted octanol–water partition coefficient (Wildman–Crippen LogP) is 2.21. The molecule has 0 amide bonds. The van der Waals surface area contributed by atoms with Crippen LogP contribution in [0.25, 0.3) is 0 Å². The van der Waals surface area contributed by atoms with Gasteiger partial charge in [-0.15, -0.1) is 0 Å². The highest BCUT2D eigenvalue weighted by atomic mass is 35.5. The van der Waals surface area contributed by atoms with Gasteiger partial charge >= 0.3 is 6.01 Å². The Morgan fingerprint density at radius 2 is 2.18 bits per heavy atom.